The zero-order chi connectivity index (χ0) is 23.1. The molecule has 32 heavy (non-hydrogen) atoms. The molecule has 8 heteroatoms. The summed E-state index contributed by atoms with van der Waals surface area (Å²) in [6.45, 7) is 4.37. The molecule has 0 aliphatic carbocycles. The predicted molar refractivity (Wildman–Crippen MR) is 124 cm³/mol. The Morgan fingerprint density at radius 2 is 1.97 bits per heavy atom. The number of rotatable bonds is 8. The molecule has 3 amide bonds. The number of benzene rings is 1. The van der Waals surface area contributed by atoms with Crippen molar-refractivity contribution in [3.8, 4) is 0 Å². The normalized spacial score (nSPS) is 33.8. The Morgan fingerprint density at radius 3 is 2.59 bits per heavy atom. The van der Waals surface area contributed by atoms with Crippen molar-refractivity contribution >= 4 is 29.5 Å². The smallest absolute Gasteiger partial charge is 0.244 e. The van der Waals surface area contributed by atoms with Crippen molar-refractivity contribution in [3.05, 3.63) is 35.9 Å². The van der Waals surface area contributed by atoms with Crippen LogP contribution in [-0.2, 0) is 14.4 Å². The maximum absolute atomic E-state index is 14.0. The number of amides is 3. The van der Waals surface area contributed by atoms with E-state index in [-0.39, 0.29) is 29.1 Å². The lowest BCUT2D eigenvalue weighted by Crippen LogP contribution is -2.54. The summed E-state index contributed by atoms with van der Waals surface area (Å²) in [5.74, 6) is -1.60. The van der Waals surface area contributed by atoms with E-state index < -0.39 is 28.7 Å². The average molecular weight is 460 g/mol. The fraction of sp³-hybridized carbons (Fsp3) is 0.625. The number of nitrogens with zero attached hydrogens (tertiary/aromatic N) is 1. The molecule has 3 saturated heterocycles. The summed E-state index contributed by atoms with van der Waals surface area (Å²) >= 11 is 1.64. The molecule has 3 heterocycles. The van der Waals surface area contributed by atoms with Crippen molar-refractivity contribution in [1.82, 2.24) is 15.5 Å². The molecule has 0 aromatic heterocycles. The molecule has 174 valence electrons. The van der Waals surface area contributed by atoms with E-state index in [1.165, 1.54) is 0 Å². The average Bonchev–Trinajstić information content (AvgIpc) is 3.36. The minimum atomic E-state index is -0.726. The van der Waals surface area contributed by atoms with Gasteiger partial charge in [0.2, 0.25) is 17.7 Å². The van der Waals surface area contributed by atoms with E-state index in [1.807, 2.05) is 30.3 Å². The molecular weight excluding hydrogens is 426 g/mol. The van der Waals surface area contributed by atoms with Crippen molar-refractivity contribution < 1.29 is 19.5 Å². The van der Waals surface area contributed by atoms with Gasteiger partial charge in [0.25, 0.3) is 0 Å². The summed E-state index contributed by atoms with van der Waals surface area (Å²) in [7, 11) is 1.60. The number of hydrogen-bond acceptors (Lipinski definition) is 5. The van der Waals surface area contributed by atoms with Gasteiger partial charge in [0.1, 0.15) is 6.04 Å². The summed E-state index contributed by atoms with van der Waals surface area (Å²) in [6, 6.07) is 7.98. The third-order valence-electron chi connectivity index (χ3n) is 7.51. The molecule has 1 aromatic rings. The van der Waals surface area contributed by atoms with E-state index >= 15 is 0 Å². The largest absolute Gasteiger partial charge is 0.394 e. The van der Waals surface area contributed by atoms with Crippen LogP contribution in [0.15, 0.2) is 30.3 Å². The molecule has 6 atom stereocenters. The van der Waals surface area contributed by atoms with Crippen LogP contribution in [0, 0.1) is 11.8 Å². The Balaban J connectivity index is 1.80. The lowest BCUT2D eigenvalue weighted by Gasteiger charge is -2.37. The fourth-order valence-corrected chi connectivity index (χ4v) is 8.41. The second-order valence-electron chi connectivity index (χ2n) is 9.34. The molecule has 7 nitrogen and oxygen atoms in total. The van der Waals surface area contributed by atoms with Crippen molar-refractivity contribution in [2.75, 3.05) is 20.2 Å². The van der Waals surface area contributed by atoms with E-state index in [0.29, 0.717) is 13.0 Å². The Kier molecular flexibility index (Phi) is 6.29. The number of unbranched alkanes of at least 4 members (excludes halogenated alkanes) is 1. The van der Waals surface area contributed by atoms with Gasteiger partial charge in [-0.05, 0) is 31.7 Å². The second kappa shape index (κ2) is 8.71. The third kappa shape index (κ3) is 3.34. The number of nitrogens with one attached hydrogen (secondary N) is 2. The highest BCUT2D eigenvalue weighted by Crippen LogP contribution is 2.71. The third-order valence-corrected chi connectivity index (χ3v) is 9.50. The lowest BCUT2D eigenvalue weighted by atomic mass is 9.66. The summed E-state index contributed by atoms with van der Waals surface area (Å²) in [5, 5.41) is 16.2. The Morgan fingerprint density at radius 1 is 1.25 bits per heavy atom. The SMILES string of the molecule is CCCCNC(=O)C1N([C@H](CO)c2ccccc2)C(=O)[C@@H]2[C@H](C(=O)NC)[C@]3(C)CCC12S3. The Labute approximate surface area is 193 Å². The molecule has 2 bridgehead atoms. The van der Waals surface area contributed by atoms with Crippen LogP contribution in [0.1, 0.15) is 51.1 Å². The van der Waals surface area contributed by atoms with Crippen LogP contribution in [0.2, 0.25) is 0 Å². The molecule has 3 aliphatic heterocycles. The van der Waals surface area contributed by atoms with E-state index in [4.69, 9.17) is 0 Å². The topological polar surface area (TPSA) is 98.7 Å². The molecule has 0 saturated carbocycles. The van der Waals surface area contributed by atoms with Gasteiger partial charge in [-0.25, -0.2) is 0 Å². The maximum atomic E-state index is 14.0. The molecule has 4 rings (SSSR count). The van der Waals surface area contributed by atoms with Crippen LogP contribution in [0.3, 0.4) is 0 Å². The summed E-state index contributed by atoms with van der Waals surface area (Å²) in [6.07, 6.45) is 3.29. The first-order chi connectivity index (χ1) is 15.3. The van der Waals surface area contributed by atoms with Crippen molar-refractivity contribution in [3.63, 3.8) is 0 Å². The number of aliphatic hydroxyl groups excluding tert-OH is 1. The number of carbonyl (C=O) groups excluding carboxylic acids is 3. The fourth-order valence-electron chi connectivity index (χ4n) is 6.07. The van der Waals surface area contributed by atoms with Crippen LogP contribution in [-0.4, -0.2) is 63.5 Å². The van der Waals surface area contributed by atoms with Gasteiger partial charge in [-0.2, -0.15) is 0 Å². The van der Waals surface area contributed by atoms with E-state index in [0.717, 1.165) is 24.8 Å². The van der Waals surface area contributed by atoms with Gasteiger partial charge in [0, 0.05) is 18.3 Å². The Bertz CT molecular complexity index is 896. The first-order valence-electron chi connectivity index (χ1n) is 11.5. The van der Waals surface area contributed by atoms with Gasteiger partial charge >= 0.3 is 0 Å². The van der Waals surface area contributed by atoms with Crippen LogP contribution < -0.4 is 10.6 Å². The minimum Gasteiger partial charge on any atom is -0.394 e. The van der Waals surface area contributed by atoms with Gasteiger partial charge in [-0.15, -0.1) is 11.8 Å². The second-order valence-corrected chi connectivity index (χ2v) is 11.2. The summed E-state index contributed by atoms with van der Waals surface area (Å²) in [5.41, 5.74) is 0.785. The van der Waals surface area contributed by atoms with Crippen LogP contribution in [0.25, 0.3) is 0 Å². The van der Waals surface area contributed by atoms with Crippen LogP contribution in [0.4, 0.5) is 0 Å². The predicted octanol–water partition coefficient (Wildman–Crippen LogP) is 1.86. The van der Waals surface area contributed by atoms with Gasteiger partial charge in [-0.3, -0.25) is 14.4 Å². The maximum Gasteiger partial charge on any atom is 0.244 e. The molecule has 3 aliphatic rings. The molecule has 1 spiro atoms. The highest BCUT2D eigenvalue weighted by Gasteiger charge is 2.77. The first kappa shape index (κ1) is 23.1. The van der Waals surface area contributed by atoms with Crippen molar-refractivity contribution in [1.29, 1.82) is 0 Å². The zero-order valence-corrected chi connectivity index (χ0v) is 19.8. The first-order valence-corrected chi connectivity index (χ1v) is 12.3. The summed E-state index contributed by atoms with van der Waals surface area (Å²) in [4.78, 5) is 42.2. The molecule has 0 radical (unpaired) electrons. The van der Waals surface area contributed by atoms with E-state index in [9.17, 15) is 19.5 Å². The van der Waals surface area contributed by atoms with Crippen LogP contribution >= 0.6 is 11.8 Å². The number of hydrogen-bond donors (Lipinski definition) is 3. The number of thioether (sulfide) groups is 1. The van der Waals surface area contributed by atoms with Crippen molar-refractivity contribution in [2.45, 2.75) is 61.1 Å². The quantitative estimate of drug-likeness (QED) is 0.516. The van der Waals surface area contributed by atoms with Gasteiger partial charge in [0.05, 0.1) is 29.2 Å². The highest BCUT2D eigenvalue weighted by atomic mass is 32.2. The van der Waals surface area contributed by atoms with E-state index in [1.54, 1.807) is 23.7 Å². The molecule has 3 fully saturated rings. The highest BCUT2D eigenvalue weighted by molar-refractivity contribution is 8.02. The number of carbonyl (C=O) groups is 3. The van der Waals surface area contributed by atoms with Gasteiger partial charge < -0.3 is 20.6 Å². The van der Waals surface area contributed by atoms with Gasteiger partial charge in [0.15, 0.2) is 0 Å². The lowest BCUT2D eigenvalue weighted by molar-refractivity contribution is -0.143. The number of fused-ring (bicyclic) bond motifs is 1. The minimum absolute atomic E-state index is 0.146. The van der Waals surface area contributed by atoms with E-state index in [2.05, 4.69) is 24.5 Å². The molecule has 3 N–H and O–H groups in total. The van der Waals surface area contributed by atoms with Gasteiger partial charge in [-0.1, -0.05) is 43.7 Å². The molecular formula is C24H33N3O4S. The van der Waals surface area contributed by atoms with Crippen molar-refractivity contribution in [2.24, 2.45) is 11.8 Å². The number of aliphatic hydroxyl groups is 1. The number of likely N-dealkylation sites (tertiary alicyclic amines) is 1. The Hall–Kier alpha value is -2.06. The monoisotopic (exact) mass is 459 g/mol. The zero-order valence-electron chi connectivity index (χ0n) is 19.0. The summed E-state index contributed by atoms with van der Waals surface area (Å²) < 4.78 is -1.04. The standard InChI is InChI=1S/C24H33N3O4S/c1-4-5-13-26-21(30)19-24-12-11-23(2,32-24)17(20(29)25-3)18(24)22(31)27(19)16(14-28)15-9-7-6-8-10-15/h6-10,16-19,28H,4-5,11-14H2,1-3H3,(H,25,29)(H,26,30)/t16-,17-,18+,19?,23+,24?/m1/s1. The molecule has 1 aromatic carbocycles. The van der Waals surface area contributed by atoms with Crippen LogP contribution in [0.5, 0.6) is 0 Å². The molecule has 2 unspecified atom stereocenters.